The summed E-state index contributed by atoms with van der Waals surface area (Å²) in [5, 5.41) is 14.9. The minimum Gasteiger partial charge on any atom is -0.395 e. The number of nitrogens with one attached hydrogen (secondary N) is 2. The molecule has 0 radical (unpaired) electrons. The van der Waals surface area contributed by atoms with Crippen LogP contribution in [0.1, 0.15) is 38.2 Å². The summed E-state index contributed by atoms with van der Waals surface area (Å²) in [6.45, 7) is 5.53. The Hall–Kier alpha value is -1.92. The molecule has 6 heteroatoms. The fourth-order valence-corrected chi connectivity index (χ4v) is 3.32. The second-order valence-electron chi connectivity index (χ2n) is 7.01. The minimum absolute atomic E-state index is 0.0146. The maximum absolute atomic E-state index is 12.2. The summed E-state index contributed by atoms with van der Waals surface area (Å²) in [5.41, 5.74) is 1.69. The number of carbonyl (C=O) groups excluding carboxylic acids is 2. The van der Waals surface area contributed by atoms with Gasteiger partial charge in [0.05, 0.1) is 13.0 Å². The monoisotopic (exact) mass is 361 g/mol. The molecule has 2 rings (SSSR count). The van der Waals surface area contributed by atoms with Crippen molar-refractivity contribution in [1.29, 1.82) is 0 Å². The van der Waals surface area contributed by atoms with Crippen molar-refractivity contribution in [2.24, 2.45) is 5.92 Å². The van der Waals surface area contributed by atoms with Crippen LogP contribution in [0.25, 0.3) is 0 Å². The average Bonchev–Trinajstić information content (AvgIpc) is 2.62. The quantitative estimate of drug-likeness (QED) is 0.626. The van der Waals surface area contributed by atoms with Crippen LogP contribution in [-0.2, 0) is 16.0 Å². The van der Waals surface area contributed by atoms with Gasteiger partial charge in [0.1, 0.15) is 0 Å². The molecule has 0 saturated carbocycles. The normalized spacial score (nSPS) is 17.7. The number of β-amino-alcohol motifs (C(OH)–C–C–N with tert-alkyl or cyclic N) is 1. The molecule has 1 aliphatic rings. The highest BCUT2D eigenvalue weighted by Crippen LogP contribution is 2.15. The van der Waals surface area contributed by atoms with Crippen molar-refractivity contribution in [2.45, 2.75) is 39.0 Å². The summed E-state index contributed by atoms with van der Waals surface area (Å²) in [6, 6.07) is 7.43. The molecule has 1 aliphatic heterocycles. The fraction of sp³-hybridized carbons (Fsp3) is 0.600. The van der Waals surface area contributed by atoms with Crippen LogP contribution < -0.4 is 10.6 Å². The third-order valence-electron chi connectivity index (χ3n) is 4.69. The first kappa shape index (κ1) is 20.4. The molecule has 1 aromatic rings. The number of rotatable bonds is 9. The van der Waals surface area contributed by atoms with Gasteiger partial charge < -0.3 is 20.6 Å². The van der Waals surface area contributed by atoms with Crippen LogP contribution in [0.4, 0.5) is 5.69 Å². The first-order valence-corrected chi connectivity index (χ1v) is 9.59. The third-order valence-corrected chi connectivity index (χ3v) is 4.69. The Kier molecular flexibility index (Phi) is 8.58. The lowest BCUT2D eigenvalue weighted by molar-refractivity contribution is -0.120. The fourth-order valence-electron chi connectivity index (χ4n) is 3.32. The second-order valence-corrected chi connectivity index (χ2v) is 7.01. The number of aliphatic hydroxyl groups excluding tert-OH is 1. The largest absolute Gasteiger partial charge is 0.395 e. The third kappa shape index (κ3) is 7.14. The van der Waals surface area contributed by atoms with Gasteiger partial charge in [-0.25, -0.2) is 0 Å². The SMILES string of the molecule is CCCC(=O)Nc1ccc(CC(=O)NC[C@@H]2CCCN(CCO)C2)cc1. The van der Waals surface area contributed by atoms with Gasteiger partial charge in [0, 0.05) is 31.7 Å². The molecule has 0 spiro atoms. The predicted octanol–water partition coefficient (Wildman–Crippen LogP) is 1.79. The van der Waals surface area contributed by atoms with Crippen molar-refractivity contribution in [1.82, 2.24) is 10.2 Å². The van der Waals surface area contributed by atoms with Crippen molar-refractivity contribution in [3.05, 3.63) is 29.8 Å². The number of aliphatic hydroxyl groups is 1. The molecule has 1 fully saturated rings. The first-order valence-electron chi connectivity index (χ1n) is 9.59. The van der Waals surface area contributed by atoms with E-state index in [0.717, 1.165) is 43.6 Å². The van der Waals surface area contributed by atoms with Crippen LogP contribution in [0.5, 0.6) is 0 Å². The van der Waals surface area contributed by atoms with E-state index in [-0.39, 0.29) is 18.4 Å². The highest BCUT2D eigenvalue weighted by Gasteiger charge is 2.19. The topological polar surface area (TPSA) is 81.7 Å². The number of piperidine rings is 1. The molecule has 6 nitrogen and oxygen atoms in total. The van der Waals surface area contributed by atoms with Crippen molar-refractivity contribution in [2.75, 3.05) is 38.1 Å². The summed E-state index contributed by atoms with van der Waals surface area (Å²) in [6.07, 6.45) is 3.92. The zero-order valence-electron chi connectivity index (χ0n) is 15.7. The van der Waals surface area contributed by atoms with E-state index < -0.39 is 0 Å². The number of carbonyl (C=O) groups is 2. The molecule has 1 aromatic carbocycles. The van der Waals surface area contributed by atoms with E-state index in [4.69, 9.17) is 5.11 Å². The second kappa shape index (κ2) is 10.9. The van der Waals surface area contributed by atoms with E-state index in [1.165, 1.54) is 0 Å². The van der Waals surface area contributed by atoms with Crippen molar-refractivity contribution in [3.8, 4) is 0 Å². The van der Waals surface area contributed by atoms with Crippen molar-refractivity contribution < 1.29 is 14.7 Å². The van der Waals surface area contributed by atoms with Gasteiger partial charge in [0.15, 0.2) is 0 Å². The Bertz CT molecular complexity index is 572. The molecule has 144 valence electrons. The summed E-state index contributed by atoms with van der Waals surface area (Å²) in [7, 11) is 0. The summed E-state index contributed by atoms with van der Waals surface area (Å²) < 4.78 is 0. The van der Waals surface area contributed by atoms with Crippen LogP contribution in [0.3, 0.4) is 0 Å². The van der Waals surface area contributed by atoms with Crippen molar-refractivity contribution in [3.63, 3.8) is 0 Å². The van der Waals surface area contributed by atoms with Gasteiger partial charge >= 0.3 is 0 Å². The van der Waals surface area contributed by atoms with Gasteiger partial charge in [-0.15, -0.1) is 0 Å². The molecule has 0 aromatic heterocycles. The lowest BCUT2D eigenvalue weighted by atomic mass is 9.98. The maximum Gasteiger partial charge on any atom is 0.224 e. The molecule has 26 heavy (non-hydrogen) atoms. The molecule has 3 N–H and O–H groups in total. The first-order chi connectivity index (χ1) is 12.6. The summed E-state index contributed by atoms with van der Waals surface area (Å²) in [4.78, 5) is 26.0. The smallest absolute Gasteiger partial charge is 0.224 e. The Balaban J connectivity index is 1.72. The number of nitrogens with zero attached hydrogens (tertiary/aromatic N) is 1. The van der Waals surface area contributed by atoms with Crippen LogP contribution in [0.15, 0.2) is 24.3 Å². The van der Waals surface area contributed by atoms with E-state index in [1.807, 2.05) is 31.2 Å². The molecule has 0 unspecified atom stereocenters. The van der Waals surface area contributed by atoms with Gasteiger partial charge in [-0.2, -0.15) is 0 Å². The van der Waals surface area contributed by atoms with Gasteiger partial charge in [-0.3, -0.25) is 9.59 Å². The van der Waals surface area contributed by atoms with Crippen LogP contribution >= 0.6 is 0 Å². The Morgan fingerprint density at radius 3 is 2.69 bits per heavy atom. The molecule has 0 bridgehead atoms. The van der Waals surface area contributed by atoms with E-state index in [0.29, 0.717) is 31.8 Å². The molecular formula is C20H31N3O3. The number of hydrogen-bond acceptors (Lipinski definition) is 4. The number of likely N-dealkylation sites (tertiary alicyclic amines) is 1. The van der Waals surface area contributed by atoms with Crippen LogP contribution in [0, 0.1) is 5.92 Å². The molecule has 1 atom stereocenters. The standard InChI is InChI=1S/C20H31N3O3/c1-2-4-19(25)22-18-8-6-16(7-9-18)13-20(26)21-14-17-5-3-10-23(15-17)11-12-24/h6-9,17,24H,2-5,10-15H2,1H3,(H,21,26)(H,22,25)/t17-/m0/s1. The van der Waals surface area contributed by atoms with E-state index in [2.05, 4.69) is 15.5 Å². The summed E-state index contributed by atoms with van der Waals surface area (Å²) in [5.74, 6) is 0.489. The van der Waals surface area contributed by atoms with Gasteiger partial charge in [0.25, 0.3) is 0 Å². The summed E-state index contributed by atoms with van der Waals surface area (Å²) >= 11 is 0. The van der Waals surface area contributed by atoms with E-state index in [9.17, 15) is 9.59 Å². The van der Waals surface area contributed by atoms with Gasteiger partial charge in [0.2, 0.25) is 11.8 Å². The Labute approximate surface area is 156 Å². The van der Waals surface area contributed by atoms with E-state index in [1.54, 1.807) is 0 Å². The molecule has 2 amide bonds. The van der Waals surface area contributed by atoms with Crippen LogP contribution in [0.2, 0.25) is 0 Å². The van der Waals surface area contributed by atoms with Crippen molar-refractivity contribution >= 4 is 17.5 Å². The molecular weight excluding hydrogens is 330 g/mol. The lowest BCUT2D eigenvalue weighted by Gasteiger charge is -2.32. The van der Waals surface area contributed by atoms with Crippen LogP contribution in [-0.4, -0.2) is 54.6 Å². The minimum atomic E-state index is 0.0146. The predicted molar refractivity (Wildman–Crippen MR) is 103 cm³/mol. The zero-order valence-corrected chi connectivity index (χ0v) is 15.7. The van der Waals surface area contributed by atoms with E-state index >= 15 is 0 Å². The average molecular weight is 361 g/mol. The number of hydrogen-bond donors (Lipinski definition) is 3. The van der Waals surface area contributed by atoms with Gasteiger partial charge in [-0.1, -0.05) is 19.1 Å². The Morgan fingerprint density at radius 2 is 2.00 bits per heavy atom. The maximum atomic E-state index is 12.2. The molecule has 0 aliphatic carbocycles. The zero-order chi connectivity index (χ0) is 18.8. The lowest BCUT2D eigenvalue weighted by Crippen LogP contribution is -2.42. The van der Waals surface area contributed by atoms with Gasteiger partial charge in [-0.05, 0) is 49.4 Å². The highest BCUT2D eigenvalue weighted by atomic mass is 16.3. The number of benzene rings is 1. The molecule has 1 saturated heterocycles. The Morgan fingerprint density at radius 1 is 1.23 bits per heavy atom. The highest BCUT2D eigenvalue weighted by molar-refractivity contribution is 5.90. The number of amides is 2. The molecule has 1 heterocycles. The number of anilines is 1.